The van der Waals surface area contributed by atoms with Crippen LogP contribution in [0, 0.1) is 5.92 Å². The van der Waals surface area contributed by atoms with E-state index in [0.29, 0.717) is 19.1 Å². The zero-order valence-electron chi connectivity index (χ0n) is 14.1. The molecule has 0 aliphatic carbocycles. The van der Waals surface area contributed by atoms with Crippen molar-refractivity contribution in [3.05, 3.63) is 35.9 Å². The normalized spacial score (nSPS) is 29.6. The highest BCUT2D eigenvalue weighted by molar-refractivity contribution is 5.81. The number of carbonyl (C=O) groups excluding carboxylic acids is 1. The van der Waals surface area contributed by atoms with Gasteiger partial charge in [0.1, 0.15) is 6.10 Å². The Morgan fingerprint density at radius 2 is 2.04 bits per heavy atom. The predicted molar refractivity (Wildman–Crippen MR) is 90.1 cm³/mol. The first-order valence-corrected chi connectivity index (χ1v) is 8.48. The Bertz CT molecular complexity index is 522. The van der Waals surface area contributed by atoms with Crippen LogP contribution in [0.1, 0.15) is 12.5 Å². The number of rotatable bonds is 4. The maximum absolute atomic E-state index is 12.4. The molecule has 0 radical (unpaired) electrons. The van der Waals surface area contributed by atoms with E-state index in [1.807, 2.05) is 13.1 Å². The van der Waals surface area contributed by atoms with Crippen LogP contribution in [0.5, 0.6) is 0 Å². The number of nitrogens with zero attached hydrogens (tertiary/aromatic N) is 2. The fourth-order valence-electron chi connectivity index (χ4n) is 3.44. The maximum Gasteiger partial charge on any atom is 0.250 e. The Morgan fingerprint density at radius 3 is 2.78 bits per heavy atom. The average molecular weight is 317 g/mol. The van der Waals surface area contributed by atoms with Crippen LogP contribution in [0.15, 0.2) is 30.3 Å². The number of ether oxygens (including phenoxy) is 1. The van der Waals surface area contributed by atoms with E-state index in [-0.39, 0.29) is 18.1 Å². The van der Waals surface area contributed by atoms with E-state index in [1.54, 1.807) is 0 Å². The van der Waals surface area contributed by atoms with Gasteiger partial charge < -0.3 is 15.0 Å². The van der Waals surface area contributed by atoms with Crippen molar-refractivity contribution in [1.82, 2.24) is 15.1 Å². The van der Waals surface area contributed by atoms with E-state index < -0.39 is 0 Å². The molecule has 0 unspecified atom stereocenters. The lowest BCUT2D eigenvalue weighted by Crippen LogP contribution is -2.52. The Hall–Kier alpha value is -1.43. The molecule has 1 aromatic carbocycles. The smallest absolute Gasteiger partial charge is 0.250 e. The highest BCUT2D eigenvalue weighted by Gasteiger charge is 2.33. The lowest BCUT2D eigenvalue weighted by Gasteiger charge is -2.30. The van der Waals surface area contributed by atoms with Gasteiger partial charge in [-0.25, -0.2) is 0 Å². The summed E-state index contributed by atoms with van der Waals surface area (Å²) in [6.45, 7) is 7.30. The first-order chi connectivity index (χ1) is 11.1. The third-order valence-electron chi connectivity index (χ3n) is 4.83. The van der Waals surface area contributed by atoms with Gasteiger partial charge in [0, 0.05) is 38.8 Å². The second-order valence-corrected chi connectivity index (χ2v) is 6.89. The molecule has 2 aliphatic heterocycles. The van der Waals surface area contributed by atoms with Crippen LogP contribution >= 0.6 is 0 Å². The minimum atomic E-state index is -0.330. The monoisotopic (exact) mass is 317 g/mol. The number of carbonyl (C=O) groups is 1. The summed E-state index contributed by atoms with van der Waals surface area (Å²) in [7, 11) is 2.03. The molecular formula is C18H27N3O2. The molecule has 23 heavy (non-hydrogen) atoms. The molecule has 1 aromatic rings. The van der Waals surface area contributed by atoms with Gasteiger partial charge in [0.25, 0.3) is 5.91 Å². The fourth-order valence-corrected chi connectivity index (χ4v) is 3.44. The summed E-state index contributed by atoms with van der Waals surface area (Å²) in [5.41, 5.74) is 1.32. The number of benzene rings is 1. The largest absolute Gasteiger partial charge is 0.366 e. The van der Waals surface area contributed by atoms with Crippen molar-refractivity contribution in [1.29, 1.82) is 0 Å². The Morgan fingerprint density at radius 1 is 1.26 bits per heavy atom. The molecular weight excluding hydrogens is 290 g/mol. The van der Waals surface area contributed by atoms with Gasteiger partial charge >= 0.3 is 0 Å². The first kappa shape index (κ1) is 16.4. The summed E-state index contributed by atoms with van der Waals surface area (Å²) < 4.78 is 5.61. The summed E-state index contributed by atoms with van der Waals surface area (Å²) in [4.78, 5) is 17.0. The van der Waals surface area contributed by atoms with Crippen molar-refractivity contribution >= 4 is 5.91 Å². The Labute approximate surface area is 138 Å². The highest BCUT2D eigenvalue weighted by Crippen LogP contribution is 2.19. The number of morpholine rings is 1. The van der Waals surface area contributed by atoms with Crippen molar-refractivity contribution in [3.63, 3.8) is 0 Å². The lowest BCUT2D eigenvalue weighted by atomic mass is 10.1. The van der Waals surface area contributed by atoms with Crippen LogP contribution in [0.4, 0.5) is 0 Å². The molecule has 5 heteroatoms. The Kier molecular flexibility index (Phi) is 5.30. The number of nitrogens with one attached hydrogen (secondary N) is 1. The van der Waals surface area contributed by atoms with E-state index in [9.17, 15) is 4.79 Å². The highest BCUT2D eigenvalue weighted by atomic mass is 16.5. The molecule has 3 rings (SSSR count). The molecule has 126 valence electrons. The van der Waals surface area contributed by atoms with E-state index in [0.717, 1.165) is 26.2 Å². The van der Waals surface area contributed by atoms with Gasteiger partial charge in [-0.2, -0.15) is 0 Å². The Balaban J connectivity index is 1.51. The van der Waals surface area contributed by atoms with Crippen LogP contribution in [-0.2, 0) is 16.1 Å². The molecule has 0 aromatic heterocycles. The van der Waals surface area contributed by atoms with Crippen LogP contribution in [0.2, 0.25) is 0 Å². The van der Waals surface area contributed by atoms with Gasteiger partial charge in [0.15, 0.2) is 0 Å². The minimum Gasteiger partial charge on any atom is -0.366 e. The van der Waals surface area contributed by atoms with E-state index >= 15 is 0 Å². The molecule has 3 atom stereocenters. The molecule has 1 N–H and O–H groups in total. The molecule has 2 heterocycles. The van der Waals surface area contributed by atoms with Crippen LogP contribution < -0.4 is 5.32 Å². The molecule has 0 spiro atoms. The van der Waals surface area contributed by atoms with Crippen molar-refractivity contribution in [2.45, 2.75) is 25.6 Å². The second-order valence-electron chi connectivity index (χ2n) is 6.89. The maximum atomic E-state index is 12.4. The molecule has 1 amide bonds. The third kappa shape index (κ3) is 4.31. The van der Waals surface area contributed by atoms with Crippen LogP contribution in [-0.4, -0.2) is 67.7 Å². The van der Waals surface area contributed by atoms with Gasteiger partial charge in [-0.1, -0.05) is 37.3 Å². The molecule has 2 fully saturated rings. The van der Waals surface area contributed by atoms with Gasteiger partial charge in [-0.15, -0.1) is 0 Å². The number of amides is 1. The summed E-state index contributed by atoms with van der Waals surface area (Å²) in [5, 5.41) is 3.20. The van der Waals surface area contributed by atoms with Crippen LogP contribution in [0.3, 0.4) is 0 Å². The first-order valence-electron chi connectivity index (χ1n) is 8.48. The number of hydrogen-bond acceptors (Lipinski definition) is 4. The SMILES string of the molecule is C[C@@H]1CN(Cc2ccccc2)C[C@H]1NC(=O)[C@H]1CN(C)CCO1. The summed E-state index contributed by atoms with van der Waals surface area (Å²) in [5.74, 6) is 0.499. The lowest BCUT2D eigenvalue weighted by molar-refractivity contribution is -0.138. The summed E-state index contributed by atoms with van der Waals surface area (Å²) >= 11 is 0. The molecule has 0 bridgehead atoms. The molecule has 2 aliphatic rings. The van der Waals surface area contributed by atoms with E-state index in [1.165, 1.54) is 5.56 Å². The molecule has 5 nitrogen and oxygen atoms in total. The second kappa shape index (κ2) is 7.43. The van der Waals surface area contributed by atoms with Gasteiger partial charge in [-0.3, -0.25) is 9.69 Å². The minimum absolute atomic E-state index is 0.0370. The van der Waals surface area contributed by atoms with Gasteiger partial charge in [0.2, 0.25) is 0 Å². The topological polar surface area (TPSA) is 44.8 Å². The third-order valence-corrected chi connectivity index (χ3v) is 4.83. The number of likely N-dealkylation sites (tertiary alicyclic amines) is 1. The number of hydrogen-bond donors (Lipinski definition) is 1. The van der Waals surface area contributed by atoms with Gasteiger partial charge in [0.05, 0.1) is 6.61 Å². The predicted octanol–water partition coefficient (Wildman–Crippen LogP) is 0.954. The van der Waals surface area contributed by atoms with E-state index in [4.69, 9.17) is 4.74 Å². The van der Waals surface area contributed by atoms with Crippen molar-refractivity contribution in [2.75, 3.05) is 39.8 Å². The molecule has 2 saturated heterocycles. The van der Waals surface area contributed by atoms with Crippen molar-refractivity contribution in [3.8, 4) is 0 Å². The number of likely N-dealkylation sites (N-methyl/N-ethyl adjacent to an activating group) is 1. The van der Waals surface area contributed by atoms with Crippen LogP contribution in [0.25, 0.3) is 0 Å². The standard InChI is InChI=1S/C18H27N3O2/c1-14-10-21(11-15-6-4-3-5-7-15)12-16(14)19-18(22)17-13-20(2)8-9-23-17/h3-7,14,16-17H,8-13H2,1-2H3,(H,19,22)/t14-,16-,17-/m1/s1. The van der Waals surface area contributed by atoms with Crippen molar-refractivity contribution in [2.24, 2.45) is 5.92 Å². The van der Waals surface area contributed by atoms with Gasteiger partial charge in [-0.05, 0) is 18.5 Å². The molecule has 0 saturated carbocycles. The van der Waals surface area contributed by atoms with E-state index in [2.05, 4.69) is 46.3 Å². The quantitative estimate of drug-likeness (QED) is 0.898. The zero-order valence-corrected chi connectivity index (χ0v) is 14.1. The summed E-state index contributed by atoms with van der Waals surface area (Å²) in [6.07, 6.45) is -0.330. The average Bonchev–Trinajstić information content (AvgIpc) is 2.87. The van der Waals surface area contributed by atoms with Crippen molar-refractivity contribution < 1.29 is 9.53 Å². The fraction of sp³-hybridized carbons (Fsp3) is 0.611. The zero-order chi connectivity index (χ0) is 16.2. The summed E-state index contributed by atoms with van der Waals surface area (Å²) in [6, 6.07) is 10.7.